The fraction of sp³-hybridized carbons (Fsp3) is 0.516. The molecule has 47 heavy (non-hydrogen) atoms. The molecule has 2 aromatic rings. The number of nitrogens with one attached hydrogen (secondary N) is 3. The van der Waals surface area contributed by atoms with Crippen molar-refractivity contribution in [2.75, 3.05) is 19.6 Å². The van der Waals surface area contributed by atoms with Crippen LogP contribution in [0.4, 0.5) is 0 Å². The Morgan fingerprint density at radius 1 is 1.09 bits per heavy atom. The predicted molar refractivity (Wildman–Crippen MR) is 179 cm³/mol. The second-order valence-electron chi connectivity index (χ2n) is 12.4. The normalized spacial score (nSPS) is 16.5. The lowest BCUT2D eigenvalue weighted by Crippen LogP contribution is -2.59. The fourth-order valence-electron chi connectivity index (χ4n) is 5.19. The summed E-state index contributed by atoms with van der Waals surface area (Å²) in [4.78, 5) is 57.8. The van der Waals surface area contributed by atoms with Crippen LogP contribution in [-0.4, -0.2) is 85.8 Å². The molecule has 8 N–H and O–H groups in total. The van der Waals surface area contributed by atoms with Gasteiger partial charge in [-0.25, -0.2) is 8.42 Å². The van der Waals surface area contributed by atoms with E-state index in [1.807, 2.05) is 26.2 Å². The number of carboxylic acids is 1. The lowest BCUT2D eigenvalue weighted by Gasteiger charge is -2.37. The van der Waals surface area contributed by atoms with E-state index in [9.17, 15) is 27.6 Å². The van der Waals surface area contributed by atoms with Gasteiger partial charge in [-0.1, -0.05) is 39.0 Å². The van der Waals surface area contributed by atoms with Crippen LogP contribution < -0.4 is 26.8 Å². The molecule has 1 aliphatic rings. The number of likely N-dealkylation sites (tertiary alicyclic amines) is 1. The van der Waals surface area contributed by atoms with Crippen LogP contribution in [0, 0.1) is 0 Å². The molecule has 14 nitrogen and oxygen atoms in total. The van der Waals surface area contributed by atoms with Gasteiger partial charge in [0, 0.05) is 24.4 Å². The van der Waals surface area contributed by atoms with Gasteiger partial charge in [0.15, 0.2) is 5.96 Å². The summed E-state index contributed by atoms with van der Waals surface area (Å²) in [6, 6.07) is 6.72. The van der Waals surface area contributed by atoms with Gasteiger partial charge in [0.2, 0.25) is 27.7 Å². The molecule has 2 heterocycles. The SMILES string of the molecule is CC(C)(C)c1ccc(S(=O)(=O)N[C@@H](CCCN=C(N)N)C(=O)N2CCCC[C@@H]2C(=O)N[C@@H](Cc2cccs2)C(=O)NCC(=O)O)cc1. The molecule has 1 saturated heterocycles. The number of thiophene rings is 1. The molecule has 0 saturated carbocycles. The summed E-state index contributed by atoms with van der Waals surface area (Å²) in [7, 11) is -4.15. The second kappa shape index (κ2) is 16.7. The van der Waals surface area contributed by atoms with E-state index < -0.39 is 58.4 Å². The van der Waals surface area contributed by atoms with Gasteiger partial charge in [0.1, 0.15) is 24.7 Å². The van der Waals surface area contributed by atoms with E-state index >= 15 is 0 Å². The summed E-state index contributed by atoms with van der Waals surface area (Å²) in [5.74, 6) is -3.23. The maximum absolute atomic E-state index is 14.1. The highest BCUT2D eigenvalue weighted by Gasteiger charge is 2.38. The zero-order chi connectivity index (χ0) is 34.8. The Morgan fingerprint density at radius 3 is 2.38 bits per heavy atom. The summed E-state index contributed by atoms with van der Waals surface area (Å²) in [6.07, 6.45) is 1.96. The van der Waals surface area contributed by atoms with Crippen molar-refractivity contribution in [1.29, 1.82) is 0 Å². The minimum atomic E-state index is -4.15. The number of aliphatic carboxylic acids is 1. The molecule has 16 heteroatoms. The Bertz CT molecular complexity index is 1520. The number of guanidine groups is 1. The van der Waals surface area contributed by atoms with Gasteiger partial charge in [-0.05, 0) is 66.7 Å². The highest BCUT2D eigenvalue weighted by atomic mass is 32.2. The molecular weight excluding hydrogens is 647 g/mol. The molecule has 0 aliphatic carbocycles. The van der Waals surface area contributed by atoms with Crippen LogP contribution in [0.3, 0.4) is 0 Å². The molecule has 1 aliphatic heterocycles. The van der Waals surface area contributed by atoms with Crippen LogP contribution in [0.15, 0.2) is 51.7 Å². The second-order valence-corrected chi connectivity index (χ2v) is 15.1. The Labute approximate surface area is 279 Å². The first-order valence-corrected chi connectivity index (χ1v) is 17.8. The van der Waals surface area contributed by atoms with E-state index in [0.29, 0.717) is 19.3 Å². The minimum Gasteiger partial charge on any atom is -0.480 e. The van der Waals surface area contributed by atoms with Crippen LogP contribution in [0.2, 0.25) is 0 Å². The lowest BCUT2D eigenvalue weighted by atomic mass is 9.87. The van der Waals surface area contributed by atoms with Crippen molar-refractivity contribution < 1.29 is 32.7 Å². The Morgan fingerprint density at radius 2 is 1.79 bits per heavy atom. The molecule has 1 aromatic carbocycles. The van der Waals surface area contributed by atoms with Gasteiger partial charge in [-0.2, -0.15) is 4.72 Å². The maximum Gasteiger partial charge on any atom is 0.322 e. The molecule has 1 aromatic heterocycles. The van der Waals surface area contributed by atoms with Crippen LogP contribution in [0.5, 0.6) is 0 Å². The van der Waals surface area contributed by atoms with Crippen LogP contribution in [0.1, 0.15) is 63.3 Å². The van der Waals surface area contributed by atoms with Crippen molar-refractivity contribution in [3.8, 4) is 0 Å². The highest BCUT2D eigenvalue weighted by Crippen LogP contribution is 2.25. The van der Waals surface area contributed by atoms with E-state index in [1.54, 1.807) is 24.3 Å². The summed E-state index contributed by atoms with van der Waals surface area (Å²) in [6.45, 7) is 5.77. The number of carboxylic acid groups (broad SMARTS) is 1. The third-order valence-electron chi connectivity index (χ3n) is 7.69. The molecule has 3 rings (SSSR count). The van der Waals surface area contributed by atoms with E-state index in [4.69, 9.17) is 16.6 Å². The Balaban J connectivity index is 1.85. The molecule has 0 spiro atoms. The molecule has 0 radical (unpaired) electrons. The van der Waals surface area contributed by atoms with E-state index in [-0.39, 0.29) is 48.6 Å². The van der Waals surface area contributed by atoms with E-state index in [0.717, 1.165) is 10.4 Å². The molecule has 3 amide bonds. The maximum atomic E-state index is 14.1. The van der Waals surface area contributed by atoms with Crippen LogP contribution in [0.25, 0.3) is 0 Å². The third kappa shape index (κ3) is 11.3. The molecule has 3 atom stereocenters. The highest BCUT2D eigenvalue weighted by molar-refractivity contribution is 7.89. The van der Waals surface area contributed by atoms with Crippen LogP contribution in [-0.2, 0) is 41.0 Å². The summed E-state index contributed by atoms with van der Waals surface area (Å²) in [5.41, 5.74) is 11.6. The number of nitrogens with zero attached hydrogens (tertiary/aromatic N) is 2. The van der Waals surface area contributed by atoms with Crippen molar-refractivity contribution in [1.82, 2.24) is 20.3 Å². The van der Waals surface area contributed by atoms with Gasteiger partial charge < -0.3 is 32.1 Å². The zero-order valence-corrected chi connectivity index (χ0v) is 28.5. The topological polar surface area (TPSA) is 226 Å². The van der Waals surface area contributed by atoms with Crippen molar-refractivity contribution in [3.05, 3.63) is 52.2 Å². The first-order valence-electron chi connectivity index (χ1n) is 15.4. The van der Waals surface area contributed by atoms with E-state index in [1.165, 1.54) is 28.4 Å². The van der Waals surface area contributed by atoms with Gasteiger partial charge in [0.25, 0.3) is 0 Å². The first-order chi connectivity index (χ1) is 22.1. The Kier molecular flexibility index (Phi) is 13.3. The number of amides is 3. The van der Waals surface area contributed by atoms with Crippen molar-refractivity contribution in [2.24, 2.45) is 16.5 Å². The molecular formula is C31H45N7O7S2. The molecule has 0 unspecified atom stereocenters. The number of hydrogen-bond acceptors (Lipinski definition) is 8. The number of aliphatic imine (C=N–C) groups is 1. The molecule has 0 bridgehead atoms. The van der Waals surface area contributed by atoms with Crippen molar-refractivity contribution in [3.63, 3.8) is 0 Å². The third-order valence-corrected chi connectivity index (χ3v) is 10.1. The van der Waals surface area contributed by atoms with Gasteiger partial charge in [0.05, 0.1) is 4.90 Å². The number of piperidine rings is 1. The average molecular weight is 692 g/mol. The lowest BCUT2D eigenvalue weighted by molar-refractivity contribution is -0.144. The van der Waals surface area contributed by atoms with Gasteiger partial charge in [-0.3, -0.25) is 24.2 Å². The predicted octanol–water partition coefficient (Wildman–Crippen LogP) is 1.06. The number of carbonyl (C=O) groups excluding carboxylic acids is 3. The minimum absolute atomic E-state index is 0.00995. The number of nitrogens with two attached hydrogens (primary N) is 2. The molecule has 1 fully saturated rings. The first kappa shape index (κ1) is 37.4. The molecule has 258 valence electrons. The number of carbonyl (C=O) groups is 4. The van der Waals surface area contributed by atoms with Crippen molar-refractivity contribution >= 4 is 51.0 Å². The van der Waals surface area contributed by atoms with Gasteiger partial charge in [-0.15, -0.1) is 11.3 Å². The number of rotatable bonds is 15. The number of sulfonamides is 1. The fourth-order valence-corrected chi connectivity index (χ4v) is 7.16. The quantitative estimate of drug-likeness (QED) is 0.0890. The average Bonchev–Trinajstić information content (AvgIpc) is 3.53. The summed E-state index contributed by atoms with van der Waals surface area (Å²) < 4.78 is 29.6. The van der Waals surface area contributed by atoms with Crippen molar-refractivity contribution in [2.45, 2.75) is 87.7 Å². The smallest absolute Gasteiger partial charge is 0.322 e. The monoisotopic (exact) mass is 691 g/mol. The largest absolute Gasteiger partial charge is 0.480 e. The number of hydrogen-bond donors (Lipinski definition) is 6. The van der Waals surface area contributed by atoms with Gasteiger partial charge >= 0.3 is 5.97 Å². The number of benzene rings is 1. The zero-order valence-electron chi connectivity index (χ0n) is 26.9. The Hall–Kier alpha value is -4.02. The summed E-state index contributed by atoms with van der Waals surface area (Å²) in [5, 5.41) is 15.9. The van der Waals surface area contributed by atoms with E-state index in [2.05, 4.69) is 20.3 Å². The summed E-state index contributed by atoms with van der Waals surface area (Å²) >= 11 is 1.38. The standard InChI is InChI=1S/C31H45N7O7S2/c1-31(2,3)20-11-13-22(14-12-20)47(44,45)37-23(9-6-15-34-30(32)33)29(43)38-16-5-4-10-25(38)28(42)36-24(18-21-8-7-17-46-21)27(41)35-19-26(39)40/h7-8,11-14,17,23-25,37H,4-6,9-10,15-16,18-19H2,1-3H3,(H,35,41)(H,36,42)(H,39,40)(H4,32,33,34)/t23-,24-,25+/m0/s1. The van der Waals surface area contributed by atoms with Crippen LogP contribution >= 0.6 is 11.3 Å².